The van der Waals surface area contributed by atoms with Crippen molar-refractivity contribution in [1.29, 1.82) is 0 Å². The molecule has 0 saturated carbocycles. The molecule has 0 spiro atoms. The summed E-state index contributed by atoms with van der Waals surface area (Å²) in [7, 11) is 3.60. The molecule has 0 aliphatic rings. The summed E-state index contributed by atoms with van der Waals surface area (Å²) in [5.41, 5.74) is 2.15. The summed E-state index contributed by atoms with van der Waals surface area (Å²) in [5, 5.41) is 1.09. The molecule has 0 saturated heterocycles. The molecule has 4 heteroatoms. The van der Waals surface area contributed by atoms with Crippen molar-refractivity contribution in [3.63, 3.8) is 0 Å². The summed E-state index contributed by atoms with van der Waals surface area (Å²) in [6, 6.07) is 4.05. The average molecular weight is 206 g/mol. The van der Waals surface area contributed by atoms with Crippen molar-refractivity contribution < 1.29 is 9.47 Å². The quantitative estimate of drug-likeness (QED) is 0.719. The van der Waals surface area contributed by atoms with Gasteiger partial charge in [-0.3, -0.25) is 0 Å². The number of rotatable bonds is 3. The summed E-state index contributed by atoms with van der Waals surface area (Å²) in [6.07, 6.45) is 1.71. The lowest BCUT2D eigenvalue weighted by Crippen LogP contribution is -1.99. The second kappa shape index (κ2) is 3.90. The van der Waals surface area contributed by atoms with Crippen LogP contribution in [0.1, 0.15) is 5.69 Å². The largest absolute Gasteiger partial charge is 0.466 e. The van der Waals surface area contributed by atoms with Crippen molar-refractivity contribution in [1.82, 2.24) is 9.55 Å². The van der Waals surface area contributed by atoms with E-state index in [2.05, 4.69) is 22.5 Å². The van der Waals surface area contributed by atoms with Crippen LogP contribution in [0.4, 0.5) is 0 Å². The van der Waals surface area contributed by atoms with Gasteiger partial charge >= 0.3 is 0 Å². The maximum absolute atomic E-state index is 5.32. The van der Waals surface area contributed by atoms with Crippen LogP contribution >= 0.6 is 0 Å². The number of methoxy groups -OCH3 is 1. The van der Waals surface area contributed by atoms with Gasteiger partial charge in [0.1, 0.15) is 11.4 Å². The van der Waals surface area contributed by atoms with E-state index < -0.39 is 0 Å². The third kappa shape index (κ3) is 1.80. The smallest absolute Gasteiger partial charge is 0.188 e. The van der Waals surface area contributed by atoms with Gasteiger partial charge < -0.3 is 14.0 Å². The zero-order valence-corrected chi connectivity index (χ0v) is 9.15. The predicted octanol–water partition coefficient (Wildman–Crippen LogP) is 1.86. The molecule has 2 heterocycles. The molecule has 2 rings (SSSR count). The standard InChI is InChI=1S/C11H14N2O2/c1-8-4-9-5-10(15-7-14-3)6-12-11(9)13(8)2/h4-6H,7H2,1-3H3. The zero-order valence-electron chi connectivity index (χ0n) is 9.15. The van der Waals surface area contributed by atoms with E-state index in [0.29, 0.717) is 0 Å². The number of aryl methyl sites for hydroxylation is 2. The van der Waals surface area contributed by atoms with E-state index in [0.717, 1.165) is 16.8 Å². The molecule has 0 unspecified atom stereocenters. The number of ether oxygens (including phenoxy) is 2. The number of hydrogen-bond donors (Lipinski definition) is 0. The third-order valence-corrected chi connectivity index (χ3v) is 2.42. The highest BCUT2D eigenvalue weighted by Crippen LogP contribution is 2.20. The van der Waals surface area contributed by atoms with Crippen LogP contribution in [0.25, 0.3) is 11.0 Å². The maximum atomic E-state index is 5.32. The van der Waals surface area contributed by atoms with E-state index in [1.807, 2.05) is 13.1 Å². The Kier molecular flexibility index (Phi) is 2.60. The molecular formula is C11H14N2O2. The van der Waals surface area contributed by atoms with Crippen LogP contribution < -0.4 is 4.74 Å². The Bertz CT molecular complexity index is 477. The van der Waals surface area contributed by atoms with Gasteiger partial charge in [0.2, 0.25) is 0 Å². The third-order valence-electron chi connectivity index (χ3n) is 2.42. The molecular weight excluding hydrogens is 192 g/mol. The van der Waals surface area contributed by atoms with Gasteiger partial charge in [-0.25, -0.2) is 4.98 Å². The van der Waals surface area contributed by atoms with Crippen molar-refractivity contribution in [3.8, 4) is 5.75 Å². The number of fused-ring (bicyclic) bond motifs is 1. The van der Waals surface area contributed by atoms with Gasteiger partial charge in [-0.05, 0) is 19.1 Å². The Morgan fingerprint density at radius 1 is 1.40 bits per heavy atom. The van der Waals surface area contributed by atoms with Crippen molar-refractivity contribution >= 4 is 11.0 Å². The fourth-order valence-electron chi connectivity index (χ4n) is 1.54. The molecule has 0 aliphatic carbocycles. The molecule has 0 fully saturated rings. The van der Waals surface area contributed by atoms with Crippen LogP contribution in [0.5, 0.6) is 5.75 Å². The highest BCUT2D eigenvalue weighted by atomic mass is 16.7. The normalized spacial score (nSPS) is 10.9. The van der Waals surface area contributed by atoms with E-state index in [-0.39, 0.29) is 6.79 Å². The summed E-state index contributed by atoms with van der Waals surface area (Å²) in [4.78, 5) is 4.34. The number of nitrogens with zero attached hydrogens (tertiary/aromatic N) is 2. The lowest BCUT2D eigenvalue weighted by molar-refractivity contribution is 0.0510. The van der Waals surface area contributed by atoms with Gasteiger partial charge in [-0.2, -0.15) is 0 Å². The van der Waals surface area contributed by atoms with E-state index in [1.165, 1.54) is 5.69 Å². The Hall–Kier alpha value is -1.55. The van der Waals surface area contributed by atoms with Gasteiger partial charge in [0.25, 0.3) is 0 Å². The van der Waals surface area contributed by atoms with Crippen LogP contribution in [0, 0.1) is 6.92 Å². The fraction of sp³-hybridized carbons (Fsp3) is 0.364. The molecule has 0 radical (unpaired) electrons. The number of aromatic nitrogens is 2. The van der Waals surface area contributed by atoms with Crippen LogP contribution in [-0.4, -0.2) is 23.5 Å². The van der Waals surface area contributed by atoms with Crippen molar-refractivity contribution in [2.75, 3.05) is 13.9 Å². The van der Waals surface area contributed by atoms with Crippen molar-refractivity contribution in [2.45, 2.75) is 6.92 Å². The average Bonchev–Trinajstić information content (AvgIpc) is 2.52. The van der Waals surface area contributed by atoms with Gasteiger partial charge in [0.15, 0.2) is 6.79 Å². The van der Waals surface area contributed by atoms with Crippen LogP contribution in [0.15, 0.2) is 18.3 Å². The Balaban J connectivity index is 2.39. The number of hydrogen-bond acceptors (Lipinski definition) is 3. The number of pyridine rings is 1. The van der Waals surface area contributed by atoms with E-state index in [4.69, 9.17) is 9.47 Å². The zero-order chi connectivity index (χ0) is 10.8. The second-order valence-corrected chi connectivity index (χ2v) is 3.48. The fourth-order valence-corrected chi connectivity index (χ4v) is 1.54. The van der Waals surface area contributed by atoms with Gasteiger partial charge in [0, 0.05) is 25.2 Å². The summed E-state index contributed by atoms with van der Waals surface area (Å²) in [5.74, 6) is 0.731. The molecule has 4 nitrogen and oxygen atoms in total. The minimum absolute atomic E-state index is 0.249. The van der Waals surface area contributed by atoms with E-state index in [1.54, 1.807) is 13.3 Å². The van der Waals surface area contributed by atoms with E-state index in [9.17, 15) is 0 Å². The molecule has 0 amide bonds. The van der Waals surface area contributed by atoms with Crippen LogP contribution in [-0.2, 0) is 11.8 Å². The molecule has 0 bridgehead atoms. The first-order chi connectivity index (χ1) is 7.22. The topological polar surface area (TPSA) is 36.3 Å². The molecule has 80 valence electrons. The molecule has 2 aromatic heterocycles. The minimum Gasteiger partial charge on any atom is -0.466 e. The predicted molar refractivity (Wildman–Crippen MR) is 58.0 cm³/mol. The monoisotopic (exact) mass is 206 g/mol. The summed E-state index contributed by atoms with van der Waals surface area (Å²) < 4.78 is 12.2. The lowest BCUT2D eigenvalue weighted by atomic mass is 10.3. The van der Waals surface area contributed by atoms with Gasteiger partial charge in [0.05, 0.1) is 6.20 Å². The Labute approximate surface area is 88.4 Å². The minimum atomic E-state index is 0.249. The van der Waals surface area contributed by atoms with Crippen LogP contribution in [0.2, 0.25) is 0 Å². The lowest BCUT2D eigenvalue weighted by Gasteiger charge is -2.04. The maximum Gasteiger partial charge on any atom is 0.188 e. The highest BCUT2D eigenvalue weighted by molar-refractivity contribution is 5.78. The van der Waals surface area contributed by atoms with Crippen molar-refractivity contribution in [2.24, 2.45) is 7.05 Å². The molecule has 2 aromatic rings. The summed E-state index contributed by atoms with van der Waals surface area (Å²) >= 11 is 0. The molecule has 0 N–H and O–H groups in total. The first-order valence-electron chi connectivity index (χ1n) is 4.76. The SMILES string of the molecule is COCOc1cnc2c(c1)cc(C)n2C. The molecule has 15 heavy (non-hydrogen) atoms. The van der Waals surface area contributed by atoms with Crippen LogP contribution in [0.3, 0.4) is 0 Å². The van der Waals surface area contributed by atoms with E-state index >= 15 is 0 Å². The molecule has 0 aromatic carbocycles. The second-order valence-electron chi connectivity index (χ2n) is 3.48. The van der Waals surface area contributed by atoms with Gasteiger partial charge in [-0.1, -0.05) is 0 Å². The summed E-state index contributed by atoms with van der Waals surface area (Å²) in [6.45, 7) is 2.30. The first-order valence-corrected chi connectivity index (χ1v) is 4.76. The molecule has 0 aliphatic heterocycles. The molecule has 0 atom stereocenters. The Morgan fingerprint density at radius 3 is 2.93 bits per heavy atom. The first kappa shape index (κ1) is 9.98. The van der Waals surface area contributed by atoms with Gasteiger partial charge in [-0.15, -0.1) is 0 Å². The highest BCUT2D eigenvalue weighted by Gasteiger charge is 2.04. The van der Waals surface area contributed by atoms with Crippen molar-refractivity contribution in [3.05, 3.63) is 24.0 Å². The Morgan fingerprint density at radius 2 is 2.20 bits per heavy atom.